The average Bonchev–Trinajstić information content (AvgIpc) is 2.65. The molecule has 0 aromatic heterocycles. The smallest absolute Gasteiger partial charge is 0.326 e. The highest BCUT2D eigenvalue weighted by molar-refractivity contribution is 5.80. The van der Waals surface area contributed by atoms with E-state index in [1.54, 1.807) is 0 Å². The van der Waals surface area contributed by atoms with Crippen LogP contribution in [0.25, 0.3) is 0 Å². The highest BCUT2D eigenvalue weighted by Crippen LogP contribution is 2.27. The predicted octanol–water partition coefficient (Wildman–Crippen LogP) is 2.02. The van der Waals surface area contributed by atoms with Crippen molar-refractivity contribution in [3.8, 4) is 0 Å². The molecule has 18 heavy (non-hydrogen) atoms. The van der Waals surface area contributed by atoms with E-state index in [1.807, 2.05) is 0 Å². The van der Waals surface area contributed by atoms with Crippen molar-refractivity contribution in [1.82, 2.24) is 5.32 Å². The van der Waals surface area contributed by atoms with Gasteiger partial charge < -0.3 is 9.47 Å². The lowest BCUT2D eigenvalue weighted by atomic mass is 9.86. The zero-order chi connectivity index (χ0) is 12.8. The molecule has 1 saturated heterocycles. The van der Waals surface area contributed by atoms with Gasteiger partial charge in [0.1, 0.15) is 5.54 Å². The molecule has 4 nitrogen and oxygen atoms in total. The van der Waals surface area contributed by atoms with Crippen LogP contribution in [0, 0.1) is 0 Å². The molecule has 0 bridgehead atoms. The van der Waals surface area contributed by atoms with Crippen molar-refractivity contribution < 1.29 is 14.3 Å². The minimum Gasteiger partial charge on any atom is -0.468 e. The Morgan fingerprint density at radius 2 is 1.94 bits per heavy atom. The van der Waals surface area contributed by atoms with E-state index in [4.69, 9.17) is 9.47 Å². The Balaban J connectivity index is 2.04. The van der Waals surface area contributed by atoms with Crippen LogP contribution in [0.3, 0.4) is 0 Å². The number of hydrogen-bond donors (Lipinski definition) is 1. The maximum atomic E-state index is 12.2. The highest BCUT2D eigenvalue weighted by atomic mass is 16.5. The minimum atomic E-state index is -0.507. The molecular weight excluding hydrogens is 230 g/mol. The number of carbonyl (C=O) groups is 1. The molecule has 1 saturated carbocycles. The first-order valence-electron chi connectivity index (χ1n) is 7.21. The Bertz CT molecular complexity index is 266. The maximum Gasteiger partial charge on any atom is 0.326 e. The molecule has 0 radical (unpaired) electrons. The Morgan fingerprint density at radius 3 is 2.67 bits per heavy atom. The average molecular weight is 255 g/mol. The molecule has 1 atom stereocenters. The van der Waals surface area contributed by atoms with E-state index in [1.165, 1.54) is 39.2 Å². The number of rotatable bonds is 3. The largest absolute Gasteiger partial charge is 0.468 e. The molecule has 1 aliphatic heterocycles. The van der Waals surface area contributed by atoms with E-state index in [2.05, 4.69) is 5.32 Å². The number of nitrogens with one attached hydrogen (secondary N) is 1. The number of hydrogen-bond acceptors (Lipinski definition) is 4. The third kappa shape index (κ3) is 3.23. The van der Waals surface area contributed by atoms with Gasteiger partial charge in [-0.2, -0.15) is 0 Å². The summed E-state index contributed by atoms with van der Waals surface area (Å²) in [6.45, 7) is 1.40. The van der Waals surface area contributed by atoms with Gasteiger partial charge >= 0.3 is 5.97 Å². The van der Waals surface area contributed by atoms with Gasteiger partial charge in [-0.25, -0.2) is 0 Å². The first kappa shape index (κ1) is 13.8. The SMILES string of the molecule is COC(=O)C1(NC2CCCCC2)CCCOCC1. The van der Waals surface area contributed by atoms with Crippen LogP contribution in [0.15, 0.2) is 0 Å². The molecule has 1 N–H and O–H groups in total. The minimum absolute atomic E-state index is 0.112. The van der Waals surface area contributed by atoms with Crippen molar-refractivity contribution in [2.45, 2.75) is 62.9 Å². The molecular formula is C14H25NO3. The van der Waals surface area contributed by atoms with E-state index in [0.29, 0.717) is 12.6 Å². The van der Waals surface area contributed by atoms with Gasteiger partial charge in [-0.1, -0.05) is 19.3 Å². The van der Waals surface area contributed by atoms with E-state index in [0.717, 1.165) is 25.9 Å². The molecule has 2 rings (SSSR count). The van der Waals surface area contributed by atoms with Crippen LogP contribution in [0.2, 0.25) is 0 Å². The van der Waals surface area contributed by atoms with Crippen LogP contribution < -0.4 is 5.32 Å². The quantitative estimate of drug-likeness (QED) is 0.784. The van der Waals surface area contributed by atoms with Crippen LogP contribution in [-0.4, -0.2) is 37.9 Å². The zero-order valence-electron chi connectivity index (χ0n) is 11.4. The van der Waals surface area contributed by atoms with Crippen LogP contribution in [0.1, 0.15) is 51.4 Å². The van der Waals surface area contributed by atoms with E-state index in [-0.39, 0.29) is 5.97 Å². The fourth-order valence-electron chi connectivity index (χ4n) is 3.19. The zero-order valence-corrected chi connectivity index (χ0v) is 11.4. The Kier molecular flexibility index (Phi) is 5.01. The molecule has 0 amide bonds. The lowest BCUT2D eigenvalue weighted by Gasteiger charge is -2.36. The summed E-state index contributed by atoms with van der Waals surface area (Å²) in [6, 6.07) is 0.468. The monoisotopic (exact) mass is 255 g/mol. The number of ether oxygens (including phenoxy) is 2. The second kappa shape index (κ2) is 6.53. The van der Waals surface area contributed by atoms with E-state index in [9.17, 15) is 4.79 Å². The van der Waals surface area contributed by atoms with Crippen LogP contribution in [0.4, 0.5) is 0 Å². The second-order valence-electron chi connectivity index (χ2n) is 5.52. The molecule has 0 aromatic rings. The summed E-state index contributed by atoms with van der Waals surface area (Å²) in [5.74, 6) is -0.112. The first-order chi connectivity index (χ1) is 8.77. The van der Waals surface area contributed by atoms with Crippen molar-refractivity contribution >= 4 is 5.97 Å². The van der Waals surface area contributed by atoms with Crippen molar-refractivity contribution in [2.24, 2.45) is 0 Å². The molecule has 0 aromatic carbocycles. The van der Waals surface area contributed by atoms with Gasteiger partial charge in [0, 0.05) is 19.3 Å². The highest BCUT2D eigenvalue weighted by Gasteiger charge is 2.41. The second-order valence-corrected chi connectivity index (χ2v) is 5.52. The molecule has 1 unspecified atom stereocenters. The Morgan fingerprint density at radius 1 is 1.17 bits per heavy atom. The number of methoxy groups -OCH3 is 1. The number of carbonyl (C=O) groups excluding carboxylic acids is 1. The topological polar surface area (TPSA) is 47.6 Å². The Hall–Kier alpha value is -0.610. The van der Waals surface area contributed by atoms with Gasteiger partial charge in [-0.3, -0.25) is 10.1 Å². The van der Waals surface area contributed by atoms with Gasteiger partial charge in [0.25, 0.3) is 0 Å². The van der Waals surface area contributed by atoms with Crippen molar-refractivity contribution in [3.05, 3.63) is 0 Å². The summed E-state index contributed by atoms with van der Waals surface area (Å²) in [5.41, 5.74) is -0.507. The molecule has 1 heterocycles. The molecule has 1 aliphatic carbocycles. The lowest BCUT2D eigenvalue weighted by Crippen LogP contribution is -2.57. The van der Waals surface area contributed by atoms with Gasteiger partial charge in [-0.05, 0) is 32.1 Å². The van der Waals surface area contributed by atoms with E-state index < -0.39 is 5.54 Å². The summed E-state index contributed by atoms with van der Waals surface area (Å²) in [7, 11) is 1.48. The normalized spacial score (nSPS) is 30.7. The van der Waals surface area contributed by atoms with Gasteiger partial charge in [0.2, 0.25) is 0 Å². The van der Waals surface area contributed by atoms with Gasteiger partial charge in [-0.15, -0.1) is 0 Å². The summed E-state index contributed by atoms with van der Waals surface area (Å²) in [4.78, 5) is 12.2. The third-order valence-electron chi connectivity index (χ3n) is 4.23. The summed E-state index contributed by atoms with van der Waals surface area (Å²) in [5, 5.41) is 3.61. The third-order valence-corrected chi connectivity index (χ3v) is 4.23. The number of esters is 1. The van der Waals surface area contributed by atoms with Gasteiger partial charge in [0.05, 0.1) is 7.11 Å². The molecule has 0 spiro atoms. The Labute approximate surface area is 109 Å². The van der Waals surface area contributed by atoms with Crippen LogP contribution in [0.5, 0.6) is 0 Å². The standard InChI is InChI=1S/C14H25NO3/c1-17-13(16)14(8-5-10-18-11-9-14)15-12-6-3-2-4-7-12/h12,15H,2-11H2,1H3. The van der Waals surface area contributed by atoms with Gasteiger partial charge in [0.15, 0.2) is 0 Å². The fraction of sp³-hybridized carbons (Fsp3) is 0.929. The molecule has 4 heteroatoms. The summed E-state index contributed by atoms with van der Waals surface area (Å²) >= 11 is 0. The predicted molar refractivity (Wildman–Crippen MR) is 69.4 cm³/mol. The van der Waals surface area contributed by atoms with E-state index >= 15 is 0 Å². The first-order valence-corrected chi connectivity index (χ1v) is 7.21. The van der Waals surface area contributed by atoms with Crippen LogP contribution >= 0.6 is 0 Å². The molecule has 104 valence electrons. The van der Waals surface area contributed by atoms with Crippen molar-refractivity contribution in [3.63, 3.8) is 0 Å². The fourth-order valence-corrected chi connectivity index (χ4v) is 3.19. The molecule has 2 aliphatic rings. The maximum absolute atomic E-state index is 12.2. The van der Waals surface area contributed by atoms with Crippen molar-refractivity contribution in [1.29, 1.82) is 0 Å². The van der Waals surface area contributed by atoms with Crippen molar-refractivity contribution in [2.75, 3.05) is 20.3 Å². The summed E-state index contributed by atoms with van der Waals surface area (Å²) < 4.78 is 10.5. The lowest BCUT2D eigenvalue weighted by molar-refractivity contribution is -0.150. The summed E-state index contributed by atoms with van der Waals surface area (Å²) in [6.07, 6.45) is 8.71. The van der Waals surface area contributed by atoms with Crippen LogP contribution in [-0.2, 0) is 14.3 Å². The molecule has 2 fully saturated rings.